The molecule has 0 spiro atoms. The fraction of sp³-hybridized carbons (Fsp3) is 0.381. The van der Waals surface area contributed by atoms with Crippen LogP contribution in [0.3, 0.4) is 0 Å². The van der Waals surface area contributed by atoms with E-state index in [2.05, 4.69) is 68.3 Å². The van der Waals surface area contributed by atoms with E-state index in [4.69, 9.17) is 15.0 Å². The molecule has 10 heterocycles. The Labute approximate surface area is 335 Å². The molecule has 0 radical (unpaired) electrons. The molecule has 0 aromatic carbocycles. The zero-order valence-corrected chi connectivity index (χ0v) is 32.6. The Balaban J connectivity index is 0.000000150. The Morgan fingerprint density at radius 3 is 1.52 bits per heavy atom. The molecule has 0 saturated carbocycles. The molecule has 2 atom stereocenters. The molecular formula is C42H44F2N14. The molecule has 14 nitrogen and oxygen atoms in total. The average molecular weight is 783 g/mol. The highest BCUT2D eigenvalue weighted by atomic mass is 19.1. The summed E-state index contributed by atoms with van der Waals surface area (Å²) in [6.45, 7) is 9.43. The van der Waals surface area contributed by atoms with Gasteiger partial charge in [0, 0.05) is 130 Å². The van der Waals surface area contributed by atoms with E-state index >= 15 is 0 Å². The van der Waals surface area contributed by atoms with Gasteiger partial charge in [0.1, 0.15) is 23.3 Å². The zero-order chi connectivity index (χ0) is 39.6. The quantitative estimate of drug-likeness (QED) is 0.172. The summed E-state index contributed by atoms with van der Waals surface area (Å²) < 4.78 is 28.7. The molecule has 0 bridgehead atoms. The van der Waals surface area contributed by atoms with Gasteiger partial charge in [0.25, 0.3) is 0 Å². The van der Waals surface area contributed by atoms with Gasteiger partial charge >= 0.3 is 0 Å². The van der Waals surface area contributed by atoms with Crippen molar-refractivity contribution in [2.24, 2.45) is 0 Å². The number of anilines is 4. The Kier molecular flexibility index (Phi) is 10.5. The highest BCUT2D eigenvalue weighted by Crippen LogP contribution is 2.36. The molecule has 6 aromatic heterocycles. The van der Waals surface area contributed by atoms with Crippen molar-refractivity contribution in [1.82, 2.24) is 49.8 Å². The summed E-state index contributed by atoms with van der Waals surface area (Å²) in [5.74, 6) is 3.48. The van der Waals surface area contributed by atoms with Gasteiger partial charge in [-0.2, -0.15) is 4.39 Å². The fourth-order valence-corrected chi connectivity index (χ4v) is 8.30. The van der Waals surface area contributed by atoms with E-state index < -0.39 is 5.95 Å². The first-order valence-corrected chi connectivity index (χ1v) is 20.0. The number of hydrogen-bond acceptors (Lipinski definition) is 14. The van der Waals surface area contributed by atoms with E-state index in [1.54, 1.807) is 36.9 Å². The topological polar surface area (TPSA) is 142 Å². The van der Waals surface area contributed by atoms with Gasteiger partial charge in [-0.05, 0) is 51.7 Å². The Hall–Kier alpha value is -6.32. The summed E-state index contributed by atoms with van der Waals surface area (Å²) in [5, 5.41) is 0. The number of pyridine rings is 2. The highest BCUT2D eigenvalue weighted by molar-refractivity contribution is 5.58. The average Bonchev–Trinajstić information content (AvgIpc) is 4.01. The number of fused-ring (bicyclic) bond motifs is 2. The minimum absolute atomic E-state index is 0.00483. The van der Waals surface area contributed by atoms with Gasteiger partial charge in [-0.25, -0.2) is 54.2 Å². The zero-order valence-electron chi connectivity index (χ0n) is 32.6. The number of rotatable bonds is 6. The summed E-state index contributed by atoms with van der Waals surface area (Å²) in [6.07, 6.45) is 16.4. The lowest BCUT2D eigenvalue weighted by Gasteiger charge is -2.36. The monoisotopic (exact) mass is 782 g/mol. The van der Waals surface area contributed by atoms with Crippen LogP contribution in [0.4, 0.5) is 31.9 Å². The van der Waals surface area contributed by atoms with E-state index in [-0.39, 0.29) is 17.9 Å². The SMILES string of the molecule is CC1c2cnc(-c3ncccn3)nc2CCN1c1cc(F)cc(N2CCCC2)n1.CC1c2cnc(-c3ncccn3)nc2CCN1c1cc(N2CCCC2)cc(F)n1. The summed E-state index contributed by atoms with van der Waals surface area (Å²) in [5.41, 5.74) is 4.95. The molecule has 16 heteroatoms. The molecule has 6 aromatic rings. The van der Waals surface area contributed by atoms with E-state index in [1.165, 1.54) is 18.2 Å². The largest absolute Gasteiger partial charge is 0.371 e. The molecule has 2 unspecified atom stereocenters. The molecule has 4 aliphatic heterocycles. The predicted octanol–water partition coefficient (Wildman–Crippen LogP) is 6.38. The smallest absolute Gasteiger partial charge is 0.216 e. The van der Waals surface area contributed by atoms with Crippen LogP contribution in [0.15, 0.2) is 73.6 Å². The van der Waals surface area contributed by atoms with Crippen LogP contribution in [-0.4, -0.2) is 89.1 Å². The number of nitrogens with zero attached hydrogens (tertiary/aromatic N) is 14. The summed E-state index contributed by atoms with van der Waals surface area (Å²) in [6, 6.07) is 10.1. The maximum atomic E-state index is 14.4. The van der Waals surface area contributed by atoms with Crippen LogP contribution in [0.25, 0.3) is 23.3 Å². The lowest BCUT2D eigenvalue weighted by molar-refractivity contribution is 0.562. The van der Waals surface area contributed by atoms with Crippen molar-refractivity contribution in [3.8, 4) is 23.3 Å². The minimum Gasteiger partial charge on any atom is -0.371 e. The maximum absolute atomic E-state index is 14.4. The molecule has 296 valence electrons. The van der Waals surface area contributed by atoms with Crippen LogP contribution < -0.4 is 19.6 Å². The molecule has 0 amide bonds. The summed E-state index contributed by atoms with van der Waals surface area (Å²) >= 11 is 0. The van der Waals surface area contributed by atoms with Crippen LogP contribution in [0.1, 0.15) is 74.1 Å². The van der Waals surface area contributed by atoms with E-state index in [1.807, 2.05) is 18.5 Å². The standard InChI is InChI=1S/2C21H22FN7/c1-14-16-13-25-21(20-23-6-4-7-24-20)26-17(16)5-10-29(14)19-12-15(11-18(22)27-19)28-8-2-3-9-28;1-14-16-13-25-21(20-23-6-4-7-24-20)26-17(16)5-10-29(14)19-12-15(22)11-18(27-19)28-8-2-3-9-28/h2*4,6-7,11-14H,2-3,5,8-10H2,1H3. The first kappa shape index (κ1) is 37.3. The summed E-state index contributed by atoms with van der Waals surface area (Å²) in [4.78, 5) is 52.9. The van der Waals surface area contributed by atoms with E-state index in [0.717, 1.165) is 112 Å². The Bertz CT molecular complexity index is 2210. The van der Waals surface area contributed by atoms with Crippen LogP contribution in [0, 0.1) is 11.8 Å². The van der Waals surface area contributed by atoms with Crippen molar-refractivity contribution in [2.75, 3.05) is 58.9 Å². The van der Waals surface area contributed by atoms with Crippen LogP contribution in [0.5, 0.6) is 0 Å². The predicted molar refractivity (Wildman–Crippen MR) is 216 cm³/mol. The van der Waals surface area contributed by atoms with Crippen molar-refractivity contribution in [3.05, 3.63) is 108 Å². The normalized spacial score (nSPS) is 18.8. The van der Waals surface area contributed by atoms with Crippen LogP contribution >= 0.6 is 0 Å². The third-order valence-corrected chi connectivity index (χ3v) is 11.4. The molecule has 2 saturated heterocycles. The van der Waals surface area contributed by atoms with Gasteiger partial charge < -0.3 is 19.6 Å². The third-order valence-electron chi connectivity index (χ3n) is 11.4. The third kappa shape index (κ3) is 7.70. The number of hydrogen-bond donors (Lipinski definition) is 0. The second-order valence-corrected chi connectivity index (χ2v) is 15.0. The van der Waals surface area contributed by atoms with Crippen molar-refractivity contribution in [2.45, 2.75) is 64.5 Å². The Morgan fingerprint density at radius 2 is 0.983 bits per heavy atom. The summed E-state index contributed by atoms with van der Waals surface area (Å²) in [7, 11) is 0. The van der Waals surface area contributed by atoms with Crippen molar-refractivity contribution in [3.63, 3.8) is 0 Å². The molecule has 58 heavy (non-hydrogen) atoms. The fourth-order valence-electron chi connectivity index (χ4n) is 8.30. The molecule has 0 N–H and O–H groups in total. The molecule has 4 aliphatic rings. The minimum atomic E-state index is -0.435. The van der Waals surface area contributed by atoms with Crippen molar-refractivity contribution in [1.29, 1.82) is 0 Å². The molecular weight excluding hydrogens is 739 g/mol. The van der Waals surface area contributed by atoms with Crippen LogP contribution in [0.2, 0.25) is 0 Å². The number of aromatic nitrogens is 10. The van der Waals surface area contributed by atoms with E-state index in [0.29, 0.717) is 34.9 Å². The molecule has 2 fully saturated rings. The lowest BCUT2D eigenvalue weighted by Crippen LogP contribution is -2.35. The Morgan fingerprint density at radius 1 is 0.500 bits per heavy atom. The highest BCUT2D eigenvalue weighted by Gasteiger charge is 2.30. The lowest BCUT2D eigenvalue weighted by atomic mass is 9.99. The van der Waals surface area contributed by atoms with Crippen molar-refractivity contribution >= 4 is 23.1 Å². The second-order valence-electron chi connectivity index (χ2n) is 15.0. The van der Waals surface area contributed by atoms with Gasteiger partial charge in [0.05, 0.1) is 23.5 Å². The maximum Gasteiger partial charge on any atom is 0.216 e. The van der Waals surface area contributed by atoms with E-state index in [9.17, 15) is 8.78 Å². The van der Waals surface area contributed by atoms with Crippen LogP contribution in [-0.2, 0) is 12.8 Å². The van der Waals surface area contributed by atoms with Gasteiger partial charge in [0.2, 0.25) is 5.95 Å². The molecule has 10 rings (SSSR count). The van der Waals surface area contributed by atoms with Gasteiger partial charge in [0.15, 0.2) is 23.3 Å². The number of halogens is 2. The van der Waals surface area contributed by atoms with Gasteiger partial charge in [-0.3, -0.25) is 0 Å². The van der Waals surface area contributed by atoms with Gasteiger partial charge in [-0.15, -0.1) is 0 Å². The van der Waals surface area contributed by atoms with Gasteiger partial charge in [-0.1, -0.05) is 0 Å². The first-order chi connectivity index (χ1) is 28.4. The first-order valence-electron chi connectivity index (χ1n) is 20.0. The second kappa shape index (κ2) is 16.3. The molecule has 0 aliphatic carbocycles. The van der Waals surface area contributed by atoms with Crippen molar-refractivity contribution < 1.29 is 8.78 Å².